The molecule has 9 heteroatoms. The zero-order valence-corrected chi connectivity index (χ0v) is 35.2. The van der Waals surface area contributed by atoms with Crippen LogP contribution in [0.25, 0.3) is 0 Å². The molecule has 1 aliphatic carbocycles. The van der Waals surface area contributed by atoms with E-state index in [2.05, 4.69) is 16.0 Å². The van der Waals surface area contributed by atoms with Crippen LogP contribution in [0.2, 0.25) is 0 Å². The van der Waals surface area contributed by atoms with E-state index in [0.717, 1.165) is 51.1 Å². The normalized spacial score (nSPS) is 17.6. The maximum atomic E-state index is 14.8. The molecule has 294 valence electrons. The predicted molar refractivity (Wildman–Crippen MR) is 243 cm³/mol. The molecule has 3 N–H and O–H groups in total. The standard InChI is InChI=1S/C48H54N3O3P3/c52-55(43-19-7-1-8-20-43,44-21-9-2-10-22-44)34-31-49-40-37-41(50-32-35-56(53,45-23-11-3-12-24-45)46-25-13-4-14-26-46)39-42(38-40)51-33-36-57(54,47-27-15-5-16-28-47)48-29-17-6-18-30-48/h1-30,40-42,49-51H,31-39H2. The topological polar surface area (TPSA) is 87.3 Å². The van der Waals surface area contributed by atoms with Crippen molar-refractivity contribution in [2.75, 3.05) is 38.1 Å². The van der Waals surface area contributed by atoms with Gasteiger partial charge in [-0.3, -0.25) is 0 Å². The van der Waals surface area contributed by atoms with Crippen molar-refractivity contribution >= 4 is 53.3 Å². The molecular formula is C48H54N3O3P3. The number of hydrogen-bond acceptors (Lipinski definition) is 6. The Kier molecular flexibility index (Phi) is 14.1. The van der Waals surface area contributed by atoms with Gasteiger partial charge in [0.1, 0.15) is 21.4 Å². The van der Waals surface area contributed by atoms with Crippen LogP contribution in [-0.2, 0) is 13.7 Å². The molecule has 1 saturated carbocycles. The predicted octanol–water partition coefficient (Wildman–Crippen LogP) is 7.09. The zero-order chi connectivity index (χ0) is 39.4. The summed E-state index contributed by atoms with van der Waals surface area (Å²) in [6.07, 6.45) is 4.24. The summed E-state index contributed by atoms with van der Waals surface area (Å²) in [7, 11) is -8.60. The number of benzene rings is 6. The van der Waals surface area contributed by atoms with E-state index >= 15 is 0 Å². The van der Waals surface area contributed by atoms with Crippen molar-refractivity contribution in [1.29, 1.82) is 0 Å². The highest BCUT2D eigenvalue weighted by atomic mass is 31.2. The van der Waals surface area contributed by atoms with Gasteiger partial charge >= 0.3 is 0 Å². The second kappa shape index (κ2) is 19.6. The largest absolute Gasteiger partial charge is 0.314 e. The molecule has 6 nitrogen and oxygen atoms in total. The fourth-order valence-corrected chi connectivity index (χ4v) is 16.0. The average molecular weight is 814 g/mol. The van der Waals surface area contributed by atoms with Gasteiger partial charge in [0.15, 0.2) is 0 Å². The van der Waals surface area contributed by atoms with Crippen molar-refractivity contribution in [2.45, 2.75) is 37.4 Å². The minimum atomic E-state index is -2.87. The van der Waals surface area contributed by atoms with Crippen molar-refractivity contribution < 1.29 is 13.7 Å². The second-order valence-electron chi connectivity index (χ2n) is 15.1. The lowest BCUT2D eigenvalue weighted by atomic mass is 9.87. The van der Waals surface area contributed by atoms with E-state index in [1.807, 2.05) is 182 Å². The van der Waals surface area contributed by atoms with E-state index in [0.29, 0.717) is 38.1 Å². The van der Waals surface area contributed by atoms with Gasteiger partial charge in [-0.05, 0) is 19.3 Å². The average Bonchev–Trinajstić information content (AvgIpc) is 3.28. The molecule has 0 radical (unpaired) electrons. The van der Waals surface area contributed by atoms with Gasteiger partial charge in [-0.2, -0.15) is 0 Å². The van der Waals surface area contributed by atoms with Crippen molar-refractivity contribution in [3.63, 3.8) is 0 Å². The Bertz CT molecular complexity index is 1870. The summed E-state index contributed by atoms with van der Waals surface area (Å²) in [6.45, 7) is 1.83. The Morgan fingerprint density at radius 3 is 0.667 bits per heavy atom. The first-order chi connectivity index (χ1) is 27.9. The molecule has 0 amide bonds. The molecular weight excluding hydrogens is 759 g/mol. The molecule has 6 aromatic rings. The molecule has 0 saturated heterocycles. The first-order valence-corrected chi connectivity index (χ1v) is 25.9. The van der Waals surface area contributed by atoms with Crippen LogP contribution in [-0.4, -0.2) is 56.2 Å². The van der Waals surface area contributed by atoms with Crippen LogP contribution in [0.1, 0.15) is 19.3 Å². The lowest BCUT2D eigenvalue weighted by Gasteiger charge is -2.37. The number of rotatable bonds is 18. The molecule has 0 bridgehead atoms. The first-order valence-electron chi connectivity index (χ1n) is 20.2. The van der Waals surface area contributed by atoms with E-state index < -0.39 is 21.4 Å². The van der Waals surface area contributed by atoms with Gasteiger partial charge in [0, 0.05) is 88.1 Å². The molecule has 0 spiro atoms. The molecule has 0 atom stereocenters. The summed E-state index contributed by atoms with van der Waals surface area (Å²) in [4.78, 5) is 0. The van der Waals surface area contributed by atoms with Crippen molar-refractivity contribution in [3.8, 4) is 0 Å². The quantitative estimate of drug-likeness (QED) is 0.0805. The minimum Gasteiger partial charge on any atom is -0.314 e. The highest BCUT2D eigenvalue weighted by Gasteiger charge is 2.33. The van der Waals surface area contributed by atoms with E-state index in [-0.39, 0.29) is 18.1 Å². The fraction of sp³-hybridized carbons (Fsp3) is 0.250. The Labute approximate surface area is 339 Å². The molecule has 1 aliphatic rings. The molecule has 57 heavy (non-hydrogen) atoms. The SMILES string of the molecule is O=P(CCNC1CC(NCCP(=O)(c2ccccc2)c2ccccc2)CC(NCCP(=O)(c2ccccc2)c2ccccc2)C1)(c1ccccc1)c1ccccc1. The smallest absolute Gasteiger partial charge is 0.144 e. The first kappa shape index (κ1) is 41.1. The van der Waals surface area contributed by atoms with Gasteiger partial charge in [-0.1, -0.05) is 182 Å². The van der Waals surface area contributed by atoms with Gasteiger partial charge in [0.25, 0.3) is 0 Å². The zero-order valence-electron chi connectivity index (χ0n) is 32.5. The van der Waals surface area contributed by atoms with Crippen LogP contribution < -0.4 is 47.8 Å². The van der Waals surface area contributed by atoms with Crippen LogP contribution in [0, 0.1) is 0 Å². The summed E-state index contributed by atoms with van der Waals surface area (Å²) in [6, 6.07) is 59.8. The molecule has 0 aromatic heterocycles. The Morgan fingerprint density at radius 1 is 0.316 bits per heavy atom. The van der Waals surface area contributed by atoms with E-state index in [1.54, 1.807) is 0 Å². The molecule has 0 unspecified atom stereocenters. The third-order valence-corrected chi connectivity index (χ3v) is 20.7. The molecule has 1 fully saturated rings. The van der Waals surface area contributed by atoms with Crippen LogP contribution in [0.15, 0.2) is 182 Å². The Morgan fingerprint density at radius 2 is 0.491 bits per heavy atom. The number of hydrogen-bond donors (Lipinski definition) is 3. The second-order valence-corrected chi connectivity index (χ2v) is 23.9. The molecule has 0 aliphatic heterocycles. The maximum absolute atomic E-state index is 14.8. The van der Waals surface area contributed by atoms with Crippen LogP contribution in [0.5, 0.6) is 0 Å². The van der Waals surface area contributed by atoms with E-state index in [1.165, 1.54) is 0 Å². The van der Waals surface area contributed by atoms with Gasteiger partial charge in [-0.15, -0.1) is 0 Å². The summed E-state index contributed by atoms with van der Waals surface area (Å²) >= 11 is 0. The van der Waals surface area contributed by atoms with E-state index in [4.69, 9.17) is 0 Å². The maximum Gasteiger partial charge on any atom is 0.144 e. The van der Waals surface area contributed by atoms with Crippen LogP contribution in [0.4, 0.5) is 0 Å². The van der Waals surface area contributed by atoms with Crippen molar-refractivity contribution in [3.05, 3.63) is 182 Å². The third-order valence-electron chi connectivity index (χ3n) is 11.3. The summed E-state index contributed by atoms with van der Waals surface area (Å²) < 4.78 is 44.4. The fourth-order valence-electron chi connectivity index (χ4n) is 8.33. The van der Waals surface area contributed by atoms with Gasteiger partial charge in [0.05, 0.1) is 0 Å². The van der Waals surface area contributed by atoms with Crippen molar-refractivity contribution in [1.82, 2.24) is 16.0 Å². The Hall–Kier alpha value is -4.11. The van der Waals surface area contributed by atoms with Crippen LogP contribution in [0.3, 0.4) is 0 Å². The van der Waals surface area contributed by atoms with Gasteiger partial charge < -0.3 is 29.6 Å². The highest BCUT2D eigenvalue weighted by molar-refractivity contribution is 7.79. The monoisotopic (exact) mass is 813 g/mol. The lowest BCUT2D eigenvalue weighted by molar-refractivity contribution is 0.256. The van der Waals surface area contributed by atoms with E-state index in [9.17, 15) is 13.7 Å². The minimum absolute atomic E-state index is 0.166. The lowest BCUT2D eigenvalue weighted by Crippen LogP contribution is -2.52. The Balaban J connectivity index is 1.07. The van der Waals surface area contributed by atoms with Crippen LogP contribution >= 0.6 is 21.4 Å². The molecule has 7 rings (SSSR count). The third kappa shape index (κ3) is 10.1. The van der Waals surface area contributed by atoms with Gasteiger partial charge in [0.2, 0.25) is 0 Å². The highest BCUT2D eigenvalue weighted by Crippen LogP contribution is 2.44. The summed E-state index contributed by atoms with van der Waals surface area (Å²) in [5, 5.41) is 16.8. The van der Waals surface area contributed by atoms with Gasteiger partial charge in [-0.25, -0.2) is 0 Å². The van der Waals surface area contributed by atoms with Crippen molar-refractivity contribution in [2.24, 2.45) is 0 Å². The molecule has 6 aromatic carbocycles. The summed E-state index contributed by atoms with van der Waals surface area (Å²) in [5.41, 5.74) is 0. The summed E-state index contributed by atoms with van der Waals surface area (Å²) in [5.74, 6) is 0. The number of nitrogens with one attached hydrogen (secondary N) is 3. The molecule has 0 heterocycles.